The number of sulfonamides is 1. The van der Waals surface area contributed by atoms with Crippen LogP contribution in [0.25, 0.3) is 0 Å². The number of nitrogens with one attached hydrogen (secondary N) is 1. The van der Waals surface area contributed by atoms with Crippen LogP contribution in [0.2, 0.25) is 0 Å². The van der Waals surface area contributed by atoms with Crippen LogP contribution in [0.1, 0.15) is 18.5 Å². The van der Waals surface area contributed by atoms with Gasteiger partial charge in [-0.2, -0.15) is 4.31 Å². The maximum atomic E-state index is 13.0. The number of nitrogens with zero attached hydrogens (tertiary/aromatic N) is 2. The van der Waals surface area contributed by atoms with Crippen LogP contribution in [-0.4, -0.2) is 44.0 Å². The quantitative estimate of drug-likeness (QED) is 0.881. The number of rotatable bonds is 5. The molecule has 1 saturated heterocycles. The lowest BCUT2D eigenvalue weighted by molar-refractivity contribution is 0.0730. The van der Waals surface area contributed by atoms with Crippen LogP contribution < -0.4 is 5.32 Å². The first kappa shape index (κ1) is 17.8. The number of pyridine rings is 1. The fourth-order valence-corrected chi connectivity index (χ4v) is 3.96. The molecule has 0 unspecified atom stereocenters. The Hall–Kier alpha value is -2.03. The third-order valence-electron chi connectivity index (χ3n) is 4.08. The van der Waals surface area contributed by atoms with Crippen LogP contribution in [0.5, 0.6) is 0 Å². The van der Waals surface area contributed by atoms with E-state index in [-0.39, 0.29) is 16.8 Å². The molecule has 0 aliphatic carbocycles. The standard InChI is InChI=1S/C17H20FN3O3S/c1-13(14-2-4-15(18)5-3-14)20-17-7-6-16(12-19-17)25(22,23)21-8-10-24-11-9-21/h2-7,12-13H,8-11H2,1H3,(H,19,20)/t13-/m1/s1. The Balaban J connectivity index is 1.70. The van der Waals surface area contributed by atoms with Crippen molar-refractivity contribution in [2.24, 2.45) is 0 Å². The Morgan fingerprint density at radius 1 is 1.16 bits per heavy atom. The molecule has 1 aromatic heterocycles. The number of halogens is 1. The highest BCUT2D eigenvalue weighted by Crippen LogP contribution is 2.21. The molecule has 1 aliphatic heterocycles. The van der Waals surface area contributed by atoms with Crippen molar-refractivity contribution < 1.29 is 17.5 Å². The van der Waals surface area contributed by atoms with Gasteiger partial charge in [-0.15, -0.1) is 0 Å². The number of ether oxygens (including phenoxy) is 1. The van der Waals surface area contributed by atoms with Gasteiger partial charge >= 0.3 is 0 Å². The van der Waals surface area contributed by atoms with E-state index in [1.807, 2.05) is 6.92 Å². The number of aromatic nitrogens is 1. The Morgan fingerprint density at radius 2 is 1.84 bits per heavy atom. The predicted octanol–water partition coefficient (Wildman–Crippen LogP) is 2.41. The maximum absolute atomic E-state index is 13.0. The number of hydrogen-bond donors (Lipinski definition) is 1. The molecule has 1 atom stereocenters. The topological polar surface area (TPSA) is 71.5 Å². The zero-order valence-corrected chi connectivity index (χ0v) is 14.7. The molecule has 1 N–H and O–H groups in total. The van der Waals surface area contributed by atoms with E-state index in [2.05, 4.69) is 10.3 Å². The van der Waals surface area contributed by atoms with Gasteiger partial charge in [0.25, 0.3) is 0 Å². The van der Waals surface area contributed by atoms with E-state index >= 15 is 0 Å². The molecule has 1 fully saturated rings. The lowest BCUT2D eigenvalue weighted by atomic mass is 10.1. The number of morpholine rings is 1. The first-order valence-corrected chi connectivity index (χ1v) is 9.47. The van der Waals surface area contributed by atoms with Gasteiger partial charge in [0, 0.05) is 25.3 Å². The van der Waals surface area contributed by atoms with E-state index in [9.17, 15) is 12.8 Å². The SMILES string of the molecule is C[C@@H](Nc1ccc(S(=O)(=O)N2CCOCC2)cn1)c1ccc(F)cc1. The Morgan fingerprint density at radius 3 is 2.44 bits per heavy atom. The zero-order chi connectivity index (χ0) is 17.9. The first-order valence-electron chi connectivity index (χ1n) is 8.03. The van der Waals surface area contributed by atoms with Crippen LogP contribution in [0.3, 0.4) is 0 Å². The highest BCUT2D eigenvalue weighted by molar-refractivity contribution is 7.89. The molecule has 0 bridgehead atoms. The van der Waals surface area contributed by atoms with Crippen molar-refractivity contribution in [3.05, 3.63) is 54.0 Å². The summed E-state index contributed by atoms with van der Waals surface area (Å²) in [5.41, 5.74) is 0.910. The van der Waals surface area contributed by atoms with E-state index in [4.69, 9.17) is 4.74 Å². The predicted molar refractivity (Wildman–Crippen MR) is 92.3 cm³/mol. The van der Waals surface area contributed by atoms with Crippen molar-refractivity contribution in [2.75, 3.05) is 31.6 Å². The van der Waals surface area contributed by atoms with Gasteiger partial charge < -0.3 is 10.1 Å². The fraction of sp³-hybridized carbons (Fsp3) is 0.353. The summed E-state index contributed by atoms with van der Waals surface area (Å²) in [6.07, 6.45) is 1.35. The summed E-state index contributed by atoms with van der Waals surface area (Å²) < 4.78 is 44.7. The summed E-state index contributed by atoms with van der Waals surface area (Å²) in [7, 11) is -3.54. The second-order valence-electron chi connectivity index (χ2n) is 5.81. The summed E-state index contributed by atoms with van der Waals surface area (Å²) >= 11 is 0. The van der Waals surface area contributed by atoms with Crippen molar-refractivity contribution in [3.63, 3.8) is 0 Å². The van der Waals surface area contributed by atoms with E-state index < -0.39 is 10.0 Å². The molecular weight excluding hydrogens is 345 g/mol. The van der Waals surface area contributed by atoms with Crippen molar-refractivity contribution in [1.29, 1.82) is 0 Å². The molecule has 0 saturated carbocycles. The van der Waals surface area contributed by atoms with Crippen molar-refractivity contribution in [3.8, 4) is 0 Å². The molecule has 25 heavy (non-hydrogen) atoms. The molecule has 134 valence electrons. The van der Waals surface area contributed by atoms with Gasteiger partial charge in [-0.05, 0) is 36.8 Å². The summed E-state index contributed by atoms with van der Waals surface area (Å²) in [6, 6.07) is 9.28. The monoisotopic (exact) mass is 365 g/mol. The Kier molecular flexibility index (Phi) is 5.31. The molecular formula is C17H20FN3O3S. The molecule has 1 aromatic carbocycles. The Bertz CT molecular complexity index is 804. The molecule has 1 aliphatic rings. The number of benzene rings is 1. The van der Waals surface area contributed by atoms with Crippen molar-refractivity contribution in [1.82, 2.24) is 9.29 Å². The van der Waals surface area contributed by atoms with Crippen LogP contribution in [0.4, 0.5) is 10.2 Å². The summed E-state index contributed by atoms with van der Waals surface area (Å²) in [4.78, 5) is 4.36. The molecule has 2 heterocycles. The average molecular weight is 365 g/mol. The van der Waals surface area contributed by atoms with Crippen molar-refractivity contribution >= 4 is 15.8 Å². The molecule has 8 heteroatoms. The lowest BCUT2D eigenvalue weighted by Crippen LogP contribution is -2.40. The van der Waals surface area contributed by atoms with Gasteiger partial charge in [0.2, 0.25) is 10.0 Å². The lowest BCUT2D eigenvalue weighted by Gasteiger charge is -2.26. The minimum Gasteiger partial charge on any atom is -0.379 e. The smallest absolute Gasteiger partial charge is 0.244 e. The molecule has 3 rings (SSSR count). The first-order chi connectivity index (χ1) is 12.0. The molecule has 6 nitrogen and oxygen atoms in total. The van der Waals surface area contributed by atoms with Crippen LogP contribution >= 0.6 is 0 Å². The van der Waals surface area contributed by atoms with Crippen LogP contribution in [0.15, 0.2) is 47.5 Å². The number of anilines is 1. The third-order valence-corrected chi connectivity index (χ3v) is 5.96. The minimum atomic E-state index is -3.54. The molecule has 0 radical (unpaired) electrons. The average Bonchev–Trinajstić information content (AvgIpc) is 2.63. The largest absolute Gasteiger partial charge is 0.379 e. The van der Waals surface area contributed by atoms with Gasteiger partial charge in [0.1, 0.15) is 16.5 Å². The summed E-state index contributed by atoms with van der Waals surface area (Å²) in [5, 5.41) is 3.17. The van der Waals surface area contributed by atoms with E-state index in [1.54, 1.807) is 18.2 Å². The van der Waals surface area contributed by atoms with Crippen molar-refractivity contribution in [2.45, 2.75) is 17.9 Å². The second-order valence-corrected chi connectivity index (χ2v) is 7.75. The highest BCUT2D eigenvalue weighted by atomic mass is 32.2. The second kappa shape index (κ2) is 7.47. The Labute approximate surface area is 146 Å². The molecule has 0 amide bonds. The molecule has 0 spiro atoms. The summed E-state index contributed by atoms with van der Waals surface area (Å²) in [5.74, 6) is 0.268. The number of hydrogen-bond acceptors (Lipinski definition) is 5. The van der Waals surface area contributed by atoms with Crippen LogP contribution in [0, 0.1) is 5.82 Å². The van der Waals surface area contributed by atoms with E-state index in [0.717, 1.165) is 5.56 Å². The van der Waals surface area contributed by atoms with E-state index in [0.29, 0.717) is 32.1 Å². The zero-order valence-electron chi connectivity index (χ0n) is 13.9. The highest BCUT2D eigenvalue weighted by Gasteiger charge is 2.26. The van der Waals surface area contributed by atoms with E-state index in [1.165, 1.54) is 28.7 Å². The fourth-order valence-electron chi connectivity index (χ4n) is 2.61. The van der Waals surface area contributed by atoms with Crippen LogP contribution in [-0.2, 0) is 14.8 Å². The van der Waals surface area contributed by atoms with Gasteiger partial charge in [0.05, 0.1) is 13.2 Å². The molecule has 2 aromatic rings. The maximum Gasteiger partial charge on any atom is 0.244 e. The summed E-state index contributed by atoms with van der Waals surface area (Å²) in [6.45, 7) is 3.43. The van der Waals surface area contributed by atoms with Gasteiger partial charge in [-0.1, -0.05) is 12.1 Å². The normalized spacial score (nSPS) is 17.2. The minimum absolute atomic E-state index is 0.0881. The van der Waals surface area contributed by atoms with Gasteiger partial charge in [-0.25, -0.2) is 17.8 Å². The van der Waals surface area contributed by atoms with Gasteiger partial charge in [-0.3, -0.25) is 0 Å². The third kappa shape index (κ3) is 4.15. The van der Waals surface area contributed by atoms with Gasteiger partial charge in [0.15, 0.2) is 0 Å².